The Kier molecular flexibility index (Phi) is 3.89. The van der Waals surface area contributed by atoms with Crippen LogP contribution in [-0.2, 0) is 14.8 Å². The molecule has 0 atom stereocenters. The molecule has 0 radical (unpaired) electrons. The van der Waals surface area contributed by atoms with Crippen molar-refractivity contribution in [1.82, 2.24) is 4.31 Å². The van der Waals surface area contributed by atoms with Crippen LogP contribution < -0.4 is 0 Å². The topological polar surface area (TPSA) is 98.5 Å². The summed E-state index contributed by atoms with van der Waals surface area (Å²) in [5.74, 6) is -1.34. The van der Waals surface area contributed by atoms with Gasteiger partial charge in [0.05, 0.1) is 5.92 Å². The first-order valence-electron chi connectivity index (χ1n) is 5.68. The van der Waals surface area contributed by atoms with Crippen LogP contribution in [0.3, 0.4) is 0 Å². The second-order valence-electron chi connectivity index (χ2n) is 4.25. The van der Waals surface area contributed by atoms with E-state index < -0.39 is 21.9 Å². The van der Waals surface area contributed by atoms with E-state index in [2.05, 4.69) is 0 Å². The van der Waals surface area contributed by atoms with E-state index in [4.69, 9.17) is 10.4 Å². The maximum absolute atomic E-state index is 12.3. The Labute approximate surface area is 114 Å². The average Bonchev–Trinajstić information content (AvgIpc) is 2.88. The molecule has 0 bridgehead atoms. The molecule has 6 nitrogen and oxygen atoms in total. The lowest BCUT2D eigenvalue weighted by atomic mass is 9.99. The number of carboxylic acid groups (broad SMARTS) is 1. The summed E-state index contributed by atoms with van der Waals surface area (Å²) < 4.78 is 26.0. The Balaban J connectivity index is 2.14. The number of nitriles is 1. The third-order valence-corrected chi connectivity index (χ3v) is 6.44. The zero-order valence-corrected chi connectivity index (χ0v) is 11.6. The molecule has 0 saturated carbocycles. The second kappa shape index (κ2) is 5.28. The molecule has 1 aromatic heterocycles. The number of nitrogens with zero attached hydrogens (tertiary/aromatic N) is 2. The number of carboxylic acids is 1. The van der Waals surface area contributed by atoms with Gasteiger partial charge in [-0.05, 0) is 25.0 Å². The first kappa shape index (κ1) is 14.0. The number of piperidine rings is 1. The molecule has 2 heterocycles. The maximum Gasteiger partial charge on any atom is 0.306 e. The Bertz CT molecular complexity index is 621. The molecule has 1 aliphatic rings. The number of thiophene rings is 1. The second-order valence-corrected chi connectivity index (χ2v) is 7.50. The summed E-state index contributed by atoms with van der Waals surface area (Å²) in [7, 11) is -3.59. The first-order chi connectivity index (χ1) is 8.95. The van der Waals surface area contributed by atoms with Gasteiger partial charge in [-0.15, -0.1) is 11.3 Å². The largest absolute Gasteiger partial charge is 0.481 e. The van der Waals surface area contributed by atoms with Gasteiger partial charge in [0, 0.05) is 13.1 Å². The molecule has 1 N–H and O–H groups in total. The van der Waals surface area contributed by atoms with Gasteiger partial charge in [-0.3, -0.25) is 4.79 Å². The van der Waals surface area contributed by atoms with Gasteiger partial charge in [0.2, 0.25) is 0 Å². The Morgan fingerprint density at radius 3 is 2.53 bits per heavy atom. The van der Waals surface area contributed by atoms with E-state index in [9.17, 15) is 13.2 Å². The highest BCUT2D eigenvalue weighted by atomic mass is 32.2. The van der Waals surface area contributed by atoms with Crippen molar-refractivity contribution in [3.8, 4) is 6.07 Å². The predicted octanol–water partition coefficient (Wildman–Crippen LogP) is 1.11. The highest BCUT2D eigenvalue weighted by Crippen LogP contribution is 2.28. The average molecular weight is 300 g/mol. The molecule has 2 rings (SSSR count). The predicted molar refractivity (Wildman–Crippen MR) is 68.2 cm³/mol. The summed E-state index contributed by atoms with van der Waals surface area (Å²) in [5.41, 5.74) is 0. The van der Waals surface area contributed by atoms with Crippen LogP contribution in [0.1, 0.15) is 17.7 Å². The first-order valence-corrected chi connectivity index (χ1v) is 7.93. The molecule has 0 unspecified atom stereocenters. The number of rotatable bonds is 3. The lowest BCUT2D eigenvalue weighted by molar-refractivity contribution is -0.142. The molecular formula is C11H12N2O4S2. The molecule has 0 aromatic carbocycles. The molecule has 1 aliphatic heterocycles. The highest BCUT2D eigenvalue weighted by Gasteiger charge is 2.32. The molecule has 1 fully saturated rings. The summed E-state index contributed by atoms with van der Waals surface area (Å²) in [6, 6.07) is 4.79. The van der Waals surface area contributed by atoms with Crippen LogP contribution >= 0.6 is 11.3 Å². The number of carbonyl (C=O) groups is 1. The van der Waals surface area contributed by atoms with Crippen molar-refractivity contribution in [2.24, 2.45) is 5.92 Å². The third kappa shape index (κ3) is 2.78. The van der Waals surface area contributed by atoms with Crippen molar-refractivity contribution in [3.63, 3.8) is 0 Å². The van der Waals surface area contributed by atoms with Gasteiger partial charge in [-0.1, -0.05) is 0 Å². The van der Waals surface area contributed by atoms with Crippen molar-refractivity contribution in [3.05, 3.63) is 17.0 Å². The lowest BCUT2D eigenvalue weighted by Crippen LogP contribution is -2.39. The van der Waals surface area contributed by atoms with Crippen LogP contribution in [0.4, 0.5) is 0 Å². The van der Waals surface area contributed by atoms with Crippen molar-refractivity contribution in [1.29, 1.82) is 5.26 Å². The Morgan fingerprint density at radius 2 is 2.05 bits per heavy atom. The van der Waals surface area contributed by atoms with E-state index in [1.807, 2.05) is 6.07 Å². The fraction of sp³-hybridized carbons (Fsp3) is 0.455. The molecule has 0 spiro atoms. The van der Waals surface area contributed by atoms with Crippen molar-refractivity contribution in [2.75, 3.05) is 13.1 Å². The molecule has 8 heteroatoms. The molecule has 1 aromatic rings. The number of aliphatic carboxylic acids is 1. The quantitative estimate of drug-likeness (QED) is 0.901. The van der Waals surface area contributed by atoms with Crippen LogP contribution in [0.2, 0.25) is 0 Å². The smallest absolute Gasteiger partial charge is 0.306 e. The monoisotopic (exact) mass is 300 g/mol. The van der Waals surface area contributed by atoms with Gasteiger partial charge in [0.25, 0.3) is 10.0 Å². The van der Waals surface area contributed by atoms with Gasteiger partial charge in [0.15, 0.2) is 0 Å². The van der Waals surface area contributed by atoms with E-state index in [-0.39, 0.29) is 17.3 Å². The fourth-order valence-corrected chi connectivity index (χ4v) is 4.72. The van der Waals surface area contributed by atoms with Crippen LogP contribution in [0.5, 0.6) is 0 Å². The minimum Gasteiger partial charge on any atom is -0.481 e. The van der Waals surface area contributed by atoms with Crippen LogP contribution in [0, 0.1) is 17.2 Å². The SMILES string of the molecule is N#Cc1ccc(S(=O)(=O)N2CCC(C(=O)O)CC2)s1. The third-order valence-electron chi connectivity index (χ3n) is 3.09. The minimum absolute atomic E-state index is 0.137. The Hall–Kier alpha value is -1.43. The summed E-state index contributed by atoms with van der Waals surface area (Å²) in [6.07, 6.45) is 0.649. The number of hydrogen-bond acceptors (Lipinski definition) is 5. The van der Waals surface area contributed by atoms with Gasteiger partial charge < -0.3 is 5.11 Å². The molecular weight excluding hydrogens is 288 g/mol. The number of sulfonamides is 1. The number of hydrogen-bond donors (Lipinski definition) is 1. The van der Waals surface area contributed by atoms with E-state index in [0.29, 0.717) is 17.7 Å². The van der Waals surface area contributed by atoms with Gasteiger partial charge in [0.1, 0.15) is 15.2 Å². The minimum atomic E-state index is -3.59. The zero-order chi connectivity index (χ0) is 14.0. The molecule has 102 valence electrons. The highest BCUT2D eigenvalue weighted by molar-refractivity contribution is 7.91. The van der Waals surface area contributed by atoms with E-state index >= 15 is 0 Å². The van der Waals surface area contributed by atoms with Gasteiger partial charge in [-0.25, -0.2) is 8.42 Å². The maximum atomic E-state index is 12.3. The van der Waals surface area contributed by atoms with Gasteiger partial charge >= 0.3 is 5.97 Å². The Morgan fingerprint density at radius 1 is 1.42 bits per heavy atom. The van der Waals surface area contributed by atoms with E-state index in [0.717, 1.165) is 11.3 Å². The summed E-state index contributed by atoms with van der Waals surface area (Å²) in [6.45, 7) is 0.415. The van der Waals surface area contributed by atoms with E-state index in [1.54, 1.807) is 0 Å². The summed E-state index contributed by atoms with van der Waals surface area (Å²) in [5, 5.41) is 17.6. The van der Waals surface area contributed by atoms with Crippen LogP contribution in [0.15, 0.2) is 16.3 Å². The molecule has 1 saturated heterocycles. The van der Waals surface area contributed by atoms with Gasteiger partial charge in [-0.2, -0.15) is 9.57 Å². The van der Waals surface area contributed by atoms with Crippen molar-refractivity contribution in [2.45, 2.75) is 17.1 Å². The zero-order valence-electron chi connectivity index (χ0n) is 9.94. The molecule has 0 aliphatic carbocycles. The normalized spacial score (nSPS) is 18.1. The van der Waals surface area contributed by atoms with Crippen LogP contribution in [0.25, 0.3) is 0 Å². The van der Waals surface area contributed by atoms with E-state index in [1.165, 1.54) is 16.4 Å². The van der Waals surface area contributed by atoms with Crippen molar-refractivity contribution >= 4 is 27.3 Å². The van der Waals surface area contributed by atoms with Crippen LogP contribution in [-0.4, -0.2) is 36.9 Å². The summed E-state index contributed by atoms with van der Waals surface area (Å²) >= 11 is 0.934. The van der Waals surface area contributed by atoms with Crippen molar-refractivity contribution < 1.29 is 18.3 Å². The standard InChI is InChI=1S/C11H12N2O4S2/c12-7-9-1-2-10(18-9)19(16,17)13-5-3-8(4-6-13)11(14)15/h1-2,8H,3-6H2,(H,14,15). The summed E-state index contributed by atoms with van der Waals surface area (Å²) in [4.78, 5) is 11.2. The lowest BCUT2D eigenvalue weighted by Gasteiger charge is -2.28. The molecule has 0 amide bonds. The molecule has 19 heavy (non-hydrogen) atoms. The fourth-order valence-electron chi connectivity index (χ4n) is 1.99.